The van der Waals surface area contributed by atoms with Crippen LogP contribution in [-0.4, -0.2) is 18.6 Å². The Morgan fingerprint density at radius 1 is 1.55 bits per heavy atom. The SMILES string of the molecule is NCCC(N)CC(=O)[O-].[Fe+3].[K+]. The number of carbonyl (C=O) groups is 1. The van der Waals surface area contributed by atoms with E-state index >= 15 is 0 Å². The molecule has 0 fully saturated rings. The molecule has 6 heteroatoms. The van der Waals surface area contributed by atoms with Gasteiger partial charge in [-0.1, -0.05) is 0 Å². The van der Waals surface area contributed by atoms with Gasteiger partial charge >= 0.3 is 68.5 Å². The van der Waals surface area contributed by atoms with Crippen molar-refractivity contribution in [2.75, 3.05) is 6.54 Å². The molecule has 11 heavy (non-hydrogen) atoms. The Labute approximate surface area is 119 Å². The van der Waals surface area contributed by atoms with Crippen LogP contribution in [0.4, 0.5) is 0 Å². The van der Waals surface area contributed by atoms with E-state index in [0.717, 1.165) is 0 Å². The summed E-state index contributed by atoms with van der Waals surface area (Å²) in [6, 6.07) is -0.347. The molecule has 0 heterocycles. The molecule has 0 spiro atoms. The summed E-state index contributed by atoms with van der Waals surface area (Å²) in [4.78, 5) is 9.85. The van der Waals surface area contributed by atoms with Gasteiger partial charge in [0.2, 0.25) is 0 Å². The van der Waals surface area contributed by atoms with Crippen molar-refractivity contribution >= 4 is 5.97 Å². The molecule has 0 amide bonds. The van der Waals surface area contributed by atoms with E-state index in [1.54, 1.807) is 0 Å². The van der Waals surface area contributed by atoms with Gasteiger partial charge in [0, 0.05) is 18.4 Å². The van der Waals surface area contributed by atoms with Crippen LogP contribution < -0.4 is 68.0 Å². The number of carboxylic acid groups (broad SMARTS) is 1. The summed E-state index contributed by atoms with van der Waals surface area (Å²) in [5, 5.41) is 9.85. The molecular weight excluding hydrogens is 215 g/mol. The van der Waals surface area contributed by atoms with Crippen LogP contribution >= 0.6 is 0 Å². The molecule has 1 radical (unpaired) electrons. The third kappa shape index (κ3) is 14.4. The maximum atomic E-state index is 9.85. The van der Waals surface area contributed by atoms with Crippen molar-refractivity contribution in [1.82, 2.24) is 0 Å². The van der Waals surface area contributed by atoms with Crippen LogP contribution in [0.25, 0.3) is 0 Å². The van der Waals surface area contributed by atoms with Gasteiger partial charge in [0.15, 0.2) is 0 Å². The molecule has 59 valence electrons. The first-order chi connectivity index (χ1) is 4.16. The maximum absolute atomic E-state index is 9.85. The summed E-state index contributed by atoms with van der Waals surface area (Å²) >= 11 is 0. The second-order valence-electron chi connectivity index (χ2n) is 1.91. The minimum atomic E-state index is -1.11. The fourth-order valence-corrected chi connectivity index (χ4v) is 0.530. The van der Waals surface area contributed by atoms with Gasteiger partial charge in [-0.05, 0) is 13.0 Å². The number of nitrogens with two attached hydrogens (primary N) is 2. The van der Waals surface area contributed by atoms with E-state index in [4.69, 9.17) is 11.5 Å². The summed E-state index contributed by atoms with van der Waals surface area (Å²) in [6.45, 7) is 0.425. The van der Waals surface area contributed by atoms with Crippen LogP contribution in [0.2, 0.25) is 0 Å². The van der Waals surface area contributed by atoms with E-state index in [-0.39, 0.29) is 80.9 Å². The second-order valence-corrected chi connectivity index (χ2v) is 1.91. The topological polar surface area (TPSA) is 92.2 Å². The van der Waals surface area contributed by atoms with E-state index in [0.29, 0.717) is 13.0 Å². The molecule has 0 aromatic heterocycles. The molecule has 4 nitrogen and oxygen atoms in total. The Balaban J connectivity index is -0.000000320. The van der Waals surface area contributed by atoms with Crippen molar-refractivity contribution in [3.8, 4) is 0 Å². The molecule has 4 N–H and O–H groups in total. The number of carboxylic acids is 1. The largest absolute Gasteiger partial charge is 3.00 e. The zero-order valence-corrected chi connectivity index (χ0v) is 10.8. The predicted molar refractivity (Wildman–Crippen MR) is 31.3 cm³/mol. The third-order valence-corrected chi connectivity index (χ3v) is 0.966. The monoisotopic (exact) mass is 226 g/mol. The number of rotatable bonds is 4. The molecule has 0 rings (SSSR count). The van der Waals surface area contributed by atoms with Gasteiger partial charge in [0.25, 0.3) is 0 Å². The standard InChI is InChI=1S/C5H12N2O2.Fe.K/c6-2-1-4(7)3-5(8)9;;/h4H,1-3,6-7H2,(H,8,9);;/q;+3;+1/p-1. The van der Waals surface area contributed by atoms with Gasteiger partial charge < -0.3 is 21.4 Å². The molecule has 1 atom stereocenters. The van der Waals surface area contributed by atoms with Crippen LogP contribution in [0.5, 0.6) is 0 Å². The summed E-state index contributed by atoms with van der Waals surface area (Å²) in [5.74, 6) is -1.11. The molecule has 0 aliphatic carbocycles. The molecule has 0 aromatic carbocycles. The average Bonchev–Trinajstić information content (AvgIpc) is 1.63. The second kappa shape index (κ2) is 11.5. The Hall–Kier alpha value is 1.55. The molecule has 0 saturated carbocycles. The van der Waals surface area contributed by atoms with E-state index in [1.165, 1.54) is 0 Å². The van der Waals surface area contributed by atoms with Crippen LogP contribution in [0, 0.1) is 0 Å². The molecule has 0 aliphatic rings. The Kier molecular flexibility index (Phi) is 19.3. The fourth-order valence-electron chi connectivity index (χ4n) is 0.530. The Morgan fingerprint density at radius 2 is 2.00 bits per heavy atom. The Bertz CT molecular complexity index is 104. The van der Waals surface area contributed by atoms with Crippen molar-refractivity contribution in [1.29, 1.82) is 0 Å². The van der Waals surface area contributed by atoms with Gasteiger partial charge in [-0.2, -0.15) is 0 Å². The van der Waals surface area contributed by atoms with Crippen molar-refractivity contribution in [2.45, 2.75) is 18.9 Å². The van der Waals surface area contributed by atoms with Crippen LogP contribution in [-0.2, 0) is 21.9 Å². The van der Waals surface area contributed by atoms with E-state index < -0.39 is 5.97 Å². The fraction of sp³-hybridized carbons (Fsp3) is 0.800. The zero-order valence-electron chi connectivity index (χ0n) is 6.52. The minimum Gasteiger partial charge on any atom is -0.550 e. The molecule has 1 unspecified atom stereocenters. The van der Waals surface area contributed by atoms with Crippen molar-refractivity contribution in [3.63, 3.8) is 0 Å². The first-order valence-corrected chi connectivity index (χ1v) is 2.82. The molecule has 0 aliphatic heterocycles. The summed E-state index contributed by atoms with van der Waals surface area (Å²) in [7, 11) is 0. The van der Waals surface area contributed by atoms with Crippen LogP contribution in [0.3, 0.4) is 0 Å². The van der Waals surface area contributed by atoms with Crippen LogP contribution in [0.1, 0.15) is 12.8 Å². The summed E-state index contributed by atoms with van der Waals surface area (Å²) in [6.07, 6.45) is 0.436. The molecule has 0 aromatic rings. The third-order valence-electron chi connectivity index (χ3n) is 0.966. The van der Waals surface area contributed by atoms with Gasteiger partial charge in [-0.25, -0.2) is 0 Å². The normalized spacial score (nSPS) is 10.7. The smallest absolute Gasteiger partial charge is 0.550 e. The summed E-state index contributed by atoms with van der Waals surface area (Å²) < 4.78 is 0. The van der Waals surface area contributed by atoms with Crippen molar-refractivity contribution in [3.05, 3.63) is 0 Å². The van der Waals surface area contributed by atoms with E-state index in [1.807, 2.05) is 0 Å². The first kappa shape index (κ1) is 18.4. The first-order valence-electron chi connectivity index (χ1n) is 2.82. The van der Waals surface area contributed by atoms with Gasteiger partial charge in [-0.15, -0.1) is 0 Å². The summed E-state index contributed by atoms with van der Waals surface area (Å²) in [5.41, 5.74) is 10.4. The number of carbonyl (C=O) groups excluding carboxylic acids is 1. The van der Waals surface area contributed by atoms with Gasteiger partial charge in [0.1, 0.15) is 0 Å². The Morgan fingerprint density at radius 3 is 2.27 bits per heavy atom. The quantitative estimate of drug-likeness (QED) is 0.469. The van der Waals surface area contributed by atoms with Crippen molar-refractivity contribution < 1.29 is 78.4 Å². The number of aliphatic carboxylic acids is 1. The van der Waals surface area contributed by atoms with E-state index in [9.17, 15) is 9.90 Å². The zero-order chi connectivity index (χ0) is 7.28. The van der Waals surface area contributed by atoms with Crippen LogP contribution in [0.15, 0.2) is 0 Å². The number of hydrogen-bond acceptors (Lipinski definition) is 4. The number of hydrogen-bond donors (Lipinski definition) is 2. The molecule has 0 saturated heterocycles. The average molecular weight is 226 g/mol. The minimum absolute atomic E-state index is 0. The molecule has 0 bridgehead atoms. The van der Waals surface area contributed by atoms with Gasteiger partial charge in [0.05, 0.1) is 0 Å². The maximum Gasteiger partial charge on any atom is 3.00 e. The predicted octanol–water partition coefficient (Wildman–Crippen LogP) is -5.20. The van der Waals surface area contributed by atoms with Crippen molar-refractivity contribution in [2.24, 2.45) is 11.5 Å². The van der Waals surface area contributed by atoms with E-state index in [2.05, 4.69) is 0 Å². The van der Waals surface area contributed by atoms with Gasteiger partial charge in [-0.3, -0.25) is 0 Å². The molecular formula is C5H11FeKN2O2+3.